The fourth-order valence-corrected chi connectivity index (χ4v) is 4.42. The van der Waals surface area contributed by atoms with Crippen LogP contribution in [0.5, 0.6) is 0 Å². The third-order valence-electron chi connectivity index (χ3n) is 6.19. The van der Waals surface area contributed by atoms with Gasteiger partial charge in [-0.05, 0) is 42.8 Å². The highest BCUT2D eigenvalue weighted by molar-refractivity contribution is 5.94. The molecule has 0 saturated heterocycles. The summed E-state index contributed by atoms with van der Waals surface area (Å²) in [7, 11) is 0. The zero-order valence-corrected chi connectivity index (χ0v) is 18.7. The summed E-state index contributed by atoms with van der Waals surface area (Å²) >= 11 is 0. The molecular weight excluding hydrogens is 438 g/mol. The van der Waals surface area contributed by atoms with Crippen LogP contribution < -0.4 is 5.32 Å². The van der Waals surface area contributed by atoms with E-state index in [1.165, 1.54) is 5.56 Å². The maximum Gasteiger partial charge on any atom is 0.254 e. The molecule has 3 heterocycles. The van der Waals surface area contributed by atoms with Crippen molar-refractivity contribution in [3.63, 3.8) is 0 Å². The van der Waals surface area contributed by atoms with Gasteiger partial charge in [-0.1, -0.05) is 18.2 Å². The third kappa shape index (κ3) is 4.38. The number of halogens is 2. The summed E-state index contributed by atoms with van der Waals surface area (Å²) in [5.41, 5.74) is 1.87. The van der Waals surface area contributed by atoms with Gasteiger partial charge in [-0.2, -0.15) is 0 Å². The zero-order valence-electron chi connectivity index (χ0n) is 18.7. The summed E-state index contributed by atoms with van der Waals surface area (Å²) in [5, 5.41) is 12.5. The second-order valence-electron chi connectivity index (χ2n) is 8.46. The van der Waals surface area contributed by atoms with Crippen LogP contribution in [0.2, 0.25) is 0 Å². The van der Waals surface area contributed by atoms with Crippen LogP contribution in [0.3, 0.4) is 0 Å². The standard InChI is InChI=1S/C25H24F2N6O/c1-16(29-25(34)20-14-18(26)7-8-21(20)27)24-31-30-23-9-11-32(12-13-33(23)24)15-17-4-2-6-22-19(17)5-3-10-28-22/h2-8,10,14,16H,9,11-13,15H2,1H3,(H,29,34). The summed E-state index contributed by atoms with van der Waals surface area (Å²) in [6.45, 7) is 4.83. The first-order valence-corrected chi connectivity index (χ1v) is 11.2. The van der Waals surface area contributed by atoms with Crippen molar-refractivity contribution in [2.45, 2.75) is 32.5 Å². The molecule has 1 amide bonds. The Kier molecular flexibility index (Phi) is 6.02. The molecule has 7 nitrogen and oxygen atoms in total. The number of hydrogen-bond acceptors (Lipinski definition) is 5. The van der Waals surface area contributed by atoms with E-state index in [1.54, 1.807) is 13.1 Å². The lowest BCUT2D eigenvalue weighted by molar-refractivity contribution is 0.0933. The number of pyridine rings is 1. The first kappa shape index (κ1) is 22.1. The molecule has 0 radical (unpaired) electrons. The largest absolute Gasteiger partial charge is 0.342 e. The van der Waals surface area contributed by atoms with Crippen molar-refractivity contribution >= 4 is 16.8 Å². The predicted molar refractivity (Wildman–Crippen MR) is 123 cm³/mol. The topological polar surface area (TPSA) is 75.9 Å². The maximum atomic E-state index is 14.0. The van der Waals surface area contributed by atoms with Gasteiger partial charge in [0, 0.05) is 44.2 Å². The summed E-state index contributed by atoms with van der Waals surface area (Å²) in [5.74, 6) is -0.698. The first-order valence-electron chi connectivity index (χ1n) is 11.2. The normalized spacial score (nSPS) is 15.0. The van der Waals surface area contributed by atoms with E-state index in [2.05, 4.69) is 37.5 Å². The van der Waals surface area contributed by atoms with E-state index >= 15 is 0 Å². The number of nitrogens with zero attached hydrogens (tertiary/aromatic N) is 5. The smallest absolute Gasteiger partial charge is 0.254 e. The molecule has 1 N–H and O–H groups in total. The van der Waals surface area contributed by atoms with Gasteiger partial charge in [0.25, 0.3) is 5.91 Å². The highest BCUT2D eigenvalue weighted by Gasteiger charge is 2.24. The molecule has 2 aromatic heterocycles. The number of benzene rings is 2. The van der Waals surface area contributed by atoms with Gasteiger partial charge in [0.05, 0.1) is 17.1 Å². The molecule has 0 bridgehead atoms. The van der Waals surface area contributed by atoms with E-state index in [4.69, 9.17) is 0 Å². The molecule has 1 aliphatic rings. The zero-order chi connectivity index (χ0) is 23.7. The maximum absolute atomic E-state index is 14.0. The van der Waals surface area contributed by atoms with Gasteiger partial charge < -0.3 is 9.88 Å². The second kappa shape index (κ2) is 9.26. The molecule has 0 aliphatic carbocycles. The Balaban J connectivity index is 1.29. The first-order chi connectivity index (χ1) is 16.5. The van der Waals surface area contributed by atoms with Gasteiger partial charge in [0.2, 0.25) is 0 Å². The Bertz CT molecular complexity index is 1350. The minimum absolute atomic E-state index is 0.335. The Morgan fingerprint density at radius 3 is 2.85 bits per heavy atom. The van der Waals surface area contributed by atoms with Crippen LogP contribution >= 0.6 is 0 Å². The Morgan fingerprint density at radius 2 is 1.97 bits per heavy atom. The lowest BCUT2D eigenvalue weighted by Crippen LogP contribution is -2.30. The molecule has 174 valence electrons. The molecule has 0 fully saturated rings. The SMILES string of the molecule is CC(NC(=O)c1cc(F)ccc1F)c1nnc2n1CCN(Cc1cccc3ncccc13)CC2. The summed E-state index contributed by atoms with van der Waals surface area (Å²) < 4.78 is 29.5. The molecule has 4 aromatic rings. The monoisotopic (exact) mass is 462 g/mol. The summed E-state index contributed by atoms with van der Waals surface area (Å²) in [6, 6.07) is 12.5. The minimum Gasteiger partial charge on any atom is -0.342 e. The predicted octanol–water partition coefficient (Wildman–Crippen LogP) is 3.65. The van der Waals surface area contributed by atoms with Crippen LogP contribution in [0.1, 0.15) is 40.5 Å². The molecule has 1 atom stereocenters. The highest BCUT2D eigenvalue weighted by Crippen LogP contribution is 2.21. The number of carbonyl (C=O) groups is 1. The van der Waals surface area contributed by atoms with Crippen molar-refractivity contribution in [3.8, 4) is 0 Å². The lowest BCUT2D eigenvalue weighted by Gasteiger charge is -2.21. The van der Waals surface area contributed by atoms with Gasteiger partial charge in [0.1, 0.15) is 17.5 Å². The van der Waals surface area contributed by atoms with Crippen molar-refractivity contribution in [2.75, 3.05) is 13.1 Å². The van der Waals surface area contributed by atoms with Crippen LogP contribution in [-0.2, 0) is 19.5 Å². The number of nitrogens with one attached hydrogen (secondary N) is 1. The molecule has 1 aliphatic heterocycles. The summed E-state index contributed by atoms with van der Waals surface area (Å²) in [4.78, 5) is 19.3. The van der Waals surface area contributed by atoms with Gasteiger partial charge in [0.15, 0.2) is 5.82 Å². The van der Waals surface area contributed by atoms with E-state index in [9.17, 15) is 13.6 Å². The van der Waals surface area contributed by atoms with Crippen molar-refractivity contribution in [2.24, 2.45) is 0 Å². The van der Waals surface area contributed by atoms with E-state index in [1.807, 2.05) is 22.8 Å². The van der Waals surface area contributed by atoms with Crippen molar-refractivity contribution in [1.82, 2.24) is 30.0 Å². The number of rotatable bonds is 5. The third-order valence-corrected chi connectivity index (χ3v) is 6.19. The number of amides is 1. The molecule has 0 spiro atoms. The Hall–Kier alpha value is -3.72. The Labute approximate surface area is 195 Å². The van der Waals surface area contributed by atoms with Crippen molar-refractivity contribution in [3.05, 3.63) is 89.1 Å². The molecule has 9 heteroatoms. The van der Waals surface area contributed by atoms with E-state index < -0.39 is 23.6 Å². The van der Waals surface area contributed by atoms with Crippen LogP contribution in [0.15, 0.2) is 54.7 Å². The molecule has 34 heavy (non-hydrogen) atoms. The number of hydrogen-bond donors (Lipinski definition) is 1. The van der Waals surface area contributed by atoms with E-state index in [0.29, 0.717) is 12.4 Å². The molecule has 1 unspecified atom stereocenters. The van der Waals surface area contributed by atoms with Gasteiger partial charge in [-0.25, -0.2) is 8.78 Å². The van der Waals surface area contributed by atoms with Crippen LogP contribution in [0.25, 0.3) is 10.9 Å². The average Bonchev–Trinajstić information content (AvgIpc) is 3.15. The quantitative estimate of drug-likeness (QED) is 0.490. The fourth-order valence-electron chi connectivity index (χ4n) is 4.42. The van der Waals surface area contributed by atoms with E-state index in [0.717, 1.165) is 61.0 Å². The Morgan fingerprint density at radius 1 is 1.09 bits per heavy atom. The highest BCUT2D eigenvalue weighted by atomic mass is 19.1. The van der Waals surface area contributed by atoms with Gasteiger partial charge in [-0.3, -0.25) is 14.7 Å². The number of fused-ring (bicyclic) bond motifs is 2. The van der Waals surface area contributed by atoms with Crippen LogP contribution in [0, 0.1) is 11.6 Å². The van der Waals surface area contributed by atoms with Gasteiger partial charge >= 0.3 is 0 Å². The lowest BCUT2D eigenvalue weighted by atomic mass is 10.1. The van der Waals surface area contributed by atoms with Crippen molar-refractivity contribution < 1.29 is 13.6 Å². The molecule has 0 saturated carbocycles. The molecular formula is C25H24F2N6O. The van der Waals surface area contributed by atoms with Crippen molar-refractivity contribution in [1.29, 1.82) is 0 Å². The number of aromatic nitrogens is 4. The summed E-state index contributed by atoms with van der Waals surface area (Å²) in [6.07, 6.45) is 2.52. The molecule has 5 rings (SSSR count). The van der Waals surface area contributed by atoms with E-state index in [-0.39, 0.29) is 5.56 Å². The van der Waals surface area contributed by atoms with Crippen LogP contribution in [-0.4, -0.2) is 43.6 Å². The fraction of sp³-hybridized carbons (Fsp3) is 0.280. The van der Waals surface area contributed by atoms with Gasteiger partial charge in [-0.15, -0.1) is 10.2 Å². The van der Waals surface area contributed by atoms with Crippen LogP contribution in [0.4, 0.5) is 8.78 Å². The molecule has 2 aromatic carbocycles. The number of carbonyl (C=O) groups excluding carboxylic acids is 1. The minimum atomic E-state index is -0.773. The average molecular weight is 463 g/mol. The second-order valence-corrected chi connectivity index (χ2v) is 8.46.